The summed E-state index contributed by atoms with van der Waals surface area (Å²) < 4.78 is 26.4. The van der Waals surface area contributed by atoms with Gasteiger partial charge >= 0.3 is 0 Å². The van der Waals surface area contributed by atoms with Crippen molar-refractivity contribution in [2.24, 2.45) is 5.73 Å². The van der Waals surface area contributed by atoms with Crippen LogP contribution in [-0.2, 0) is 10.0 Å². The lowest BCUT2D eigenvalue weighted by molar-refractivity contribution is -0.387. The Hall–Kier alpha value is -0.930. The maximum atomic E-state index is 12.0. The van der Waals surface area contributed by atoms with Gasteiger partial charge in [0.15, 0.2) is 4.90 Å². The van der Waals surface area contributed by atoms with Gasteiger partial charge in [-0.2, -0.15) is 0 Å². The number of nitrogens with one attached hydrogen (secondary N) is 1. The van der Waals surface area contributed by atoms with Crippen LogP contribution in [0.4, 0.5) is 5.69 Å². The number of nitro groups is 1. The third-order valence-corrected chi connectivity index (χ3v) is 4.60. The highest BCUT2D eigenvalue weighted by molar-refractivity contribution is 7.89. The van der Waals surface area contributed by atoms with Crippen LogP contribution in [0.5, 0.6) is 0 Å². The first-order valence-electron chi connectivity index (χ1n) is 5.46. The number of nitro benzene ring substituents is 1. The molecule has 0 aliphatic heterocycles. The highest BCUT2D eigenvalue weighted by Crippen LogP contribution is 2.32. The zero-order valence-electron chi connectivity index (χ0n) is 10.2. The molecule has 0 spiro atoms. The Morgan fingerprint density at radius 2 is 2.05 bits per heavy atom. The van der Waals surface area contributed by atoms with Gasteiger partial charge in [-0.1, -0.05) is 11.6 Å². The number of hydrogen-bond acceptors (Lipinski definition) is 5. The average Bonchev–Trinajstić information content (AvgIpc) is 3.05. The van der Waals surface area contributed by atoms with Crippen LogP contribution in [0.25, 0.3) is 0 Å². The van der Waals surface area contributed by atoms with Crippen LogP contribution >= 0.6 is 24.0 Å². The molecule has 0 unspecified atom stereocenters. The standard InChI is InChI=1S/C10H12ClN3O4S.ClH/c11-7-1-2-9(8(5-7)14(15)16)19(17,18)13-6-10(12)3-4-10;/h1-2,5,13H,3-4,6,12H2;1H. The molecule has 0 atom stereocenters. The molecule has 0 bridgehead atoms. The van der Waals surface area contributed by atoms with Crippen LogP contribution in [0.3, 0.4) is 0 Å². The Kier molecular flexibility index (Phi) is 4.99. The minimum Gasteiger partial charge on any atom is -0.324 e. The molecule has 1 aliphatic rings. The van der Waals surface area contributed by atoms with E-state index in [9.17, 15) is 18.5 Å². The Morgan fingerprint density at radius 3 is 2.55 bits per heavy atom. The van der Waals surface area contributed by atoms with E-state index in [2.05, 4.69) is 4.72 Å². The number of benzene rings is 1. The average molecular weight is 342 g/mol. The molecule has 7 nitrogen and oxygen atoms in total. The predicted molar refractivity (Wildman–Crippen MR) is 76.7 cm³/mol. The van der Waals surface area contributed by atoms with E-state index in [0.717, 1.165) is 25.0 Å². The highest BCUT2D eigenvalue weighted by atomic mass is 35.5. The van der Waals surface area contributed by atoms with Crippen LogP contribution in [0, 0.1) is 10.1 Å². The lowest BCUT2D eigenvalue weighted by atomic mass is 10.3. The molecule has 3 N–H and O–H groups in total. The maximum absolute atomic E-state index is 12.0. The molecule has 1 aromatic rings. The second-order valence-electron chi connectivity index (χ2n) is 4.56. The van der Waals surface area contributed by atoms with Gasteiger partial charge in [-0.3, -0.25) is 10.1 Å². The second kappa shape index (κ2) is 5.82. The lowest BCUT2D eigenvalue weighted by Gasteiger charge is -2.11. The monoisotopic (exact) mass is 341 g/mol. The van der Waals surface area contributed by atoms with Gasteiger partial charge in [0, 0.05) is 23.2 Å². The molecule has 0 amide bonds. The van der Waals surface area contributed by atoms with Crippen molar-refractivity contribution in [3.8, 4) is 0 Å². The summed E-state index contributed by atoms with van der Waals surface area (Å²) in [6.45, 7) is 0.0646. The Morgan fingerprint density at radius 1 is 1.45 bits per heavy atom. The topological polar surface area (TPSA) is 115 Å². The van der Waals surface area contributed by atoms with Crippen LogP contribution in [-0.4, -0.2) is 25.4 Å². The molecule has 0 saturated heterocycles. The molecule has 0 radical (unpaired) electrons. The minimum absolute atomic E-state index is 0. The summed E-state index contributed by atoms with van der Waals surface area (Å²) in [6.07, 6.45) is 1.47. The number of hydrogen-bond donors (Lipinski definition) is 2. The van der Waals surface area contributed by atoms with E-state index in [4.69, 9.17) is 17.3 Å². The largest absolute Gasteiger partial charge is 0.324 e. The van der Waals surface area contributed by atoms with Crippen molar-refractivity contribution in [1.82, 2.24) is 4.72 Å². The van der Waals surface area contributed by atoms with Gasteiger partial charge in [0.2, 0.25) is 10.0 Å². The van der Waals surface area contributed by atoms with Gasteiger partial charge in [-0.15, -0.1) is 12.4 Å². The van der Waals surface area contributed by atoms with Crippen molar-refractivity contribution in [1.29, 1.82) is 0 Å². The minimum atomic E-state index is -3.98. The summed E-state index contributed by atoms with van der Waals surface area (Å²) in [6, 6.07) is 3.41. The predicted octanol–water partition coefficient (Wildman–Crippen LogP) is 1.44. The zero-order valence-corrected chi connectivity index (χ0v) is 12.6. The van der Waals surface area contributed by atoms with E-state index >= 15 is 0 Å². The van der Waals surface area contributed by atoms with Gasteiger partial charge in [0.25, 0.3) is 5.69 Å². The maximum Gasteiger partial charge on any atom is 0.290 e. The first kappa shape index (κ1) is 17.1. The van der Waals surface area contributed by atoms with Crippen molar-refractivity contribution in [3.05, 3.63) is 33.3 Å². The summed E-state index contributed by atoms with van der Waals surface area (Å²) in [5.74, 6) is 0. The van der Waals surface area contributed by atoms with E-state index in [1.165, 1.54) is 6.07 Å². The number of sulfonamides is 1. The van der Waals surface area contributed by atoms with Crippen LogP contribution < -0.4 is 10.5 Å². The molecule has 1 fully saturated rings. The molecular formula is C10H13Cl2N3O4S. The number of nitrogens with two attached hydrogens (primary N) is 1. The Bertz CT molecular complexity index is 631. The summed E-state index contributed by atoms with van der Waals surface area (Å²) in [5, 5.41) is 11.0. The molecule has 10 heteroatoms. The van der Waals surface area contributed by atoms with E-state index in [1.807, 2.05) is 0 Å². The molecule has 20 heavy (non-hydrogen) atoms. The fourth-order valence-corrected chi connectivity index (χ4v) is 2.97. The van der Waals surface area contributed by atoms with Crippen LogP contribution in [0.2, 0.25) is 5.02 Å². The van der Waals surface area contributed by atoms with Crippen molar-refractivity contribution < 1.29 is 13.3 Å². The molecular weight excluding hydrogens is 329 g/mol. The molecule has 112 valence electrons. The van der Waals surface area contributed by atoms with E-state index in [1.54, 1.807) is 0 Å². The van der Waals surface area contributed by atoms with Crippen molar-refractivity contribution in [2.45, 2.75) is 23.3 Å². The van der Waals surface area contributed by atoms with Crippen LogP contribution in [0.1, 0.15) is 12.8 Å². The van der Waals surface area contributed by atoms with Gasteiger partial charge in [-0.25, -0.2) is 13.1 Å². The first-order valence-corrected chi connectivity index (χ1v) is 7.32. The van der Waals surface area contributed by atoms with Gasteiger partial charge in [-0.05, 0) is 25.0 Å². The highest BCUT2D eigenvalue weighted by Gasteiger charge is 2.39. The quantitative estimate of drug-likeness (QED) is 0.620. The molecule has 0 aromatic heterocycles. The third kappa shape index (κ3) is 3.80. The fraction of sp³-hybridized carbons (Fsp3) is 0.400. The van der Waals surface area contributed by atoms with Crippen LogP contribution in [0.15, 0.2) is 23.1 Å². The first-order chi connectivity index (χ1) is 8.73. The van der Waals surface area contributed by atoms with E-state index in [-0.39, 0.29) is 24.0 Å². The molecule has 1 aliphatic carbocycles. The van der Waals surface area contributed by atoms with Crippen molar-refractivity contribution >= 4 is 39.7 Å². The third-order valence-electron chi connectivity index (χ3n) is 2.91. The van der Waals surface area contributed by atoms with E-state index in [0.29, 0.717) is 0 Å². The smallest absolute Gasteiger partial charge is 0.290 e. The molecule has 2 rings (SSSR count). The van der Waals surface area contributed by atoms with Gasteiger partial charge in [0.1, 0.15) is 0 Å². The SMILES string of the molecule is Cl.NC1(CNS(=O)(=O)c2ccc(Cl)cc2[N+](=O)[O-])CC1. The zero-order chi connectivity index (χ0) is 14.3. The number of nitrogens with zero attached hydrogens (tertiary/aromatic N) is 1. The summed E-state index contributed by atoms with van der Waals surface area (Å²) in [7, 11) is -3.98. The van der Waals surface area contributed by atoms with Gasteiger partial charge < -0.3 is 5.73 Å². The van der Waals surface area contributed by atoms with E-state index < -0.39 is 31.1 Å². The summed E-state index contributed by atoms with van der Waals surface area (Å²) in [4.78, 5) is 9.67. The normalized spacial score (nSPS) is 16.3. The molecule has 0 heterocycles. The Labute approximate surface area is 127 Å². The van der Waals surface area contributed by atoms with Crippen molar-refractivity contribution in [2.75, 3.05) is 6.54 Å². The lowest BCUT2D eigenvalue weighted by Crippen LogP contribution is -2.39. The Balaban J connectivity index is 0.00000200. The van der Waals surface area contributed by atoms with Crippen molar-refractivity contribution in [3.63, 3.8) is 0 Å². The summed E-state index contributed by atoms with van der Waals surface area (Å²) >= 11 is 5.63. The number of halogens is 2. The second-order valence-corrected chi connectivity index (χ2v) is 6.73. The molecule has 1 aromatic carbocycles. The fourth-order valence-electron chi connectivity index (χ4n) is 1.51. The number of rotatable bonds is 5. The summed E-state index contributed by atoms with van der Waals surface area (Å²) in [5.41, 5.74) is 4.70. The van der Waals surface area contributed by atoms with Gasteiger partial charge in [0.05, 0.1) is 4.92 Å². The molecule has 1 saturated carbocycles.